The molecule has 96 valence electrons. The van der Waals surface area contributed by atoms with Crippen LogP contribution in [0.2, 0.25) is 0 Å². The van der Waals surface area contributed by atoms with Crippen LogP contribution in [0.3, 0.4) is 0 Å². The summed E-state index contributed by atoms with van der Waals surface area (Å²) >= 11 is 0. The molecule has 0 amide bonds. The highest BCUT2D eigenvalue weighted by molar-refractivity contribution is 4.98. The van der Waals surface area contributed by atoms with E-state index in [0.29, 0.717) is 11.6 Å². The lowest BCUT2D eigenvalue weighted by Crippen LogP contribution is -2.66. The predicted molar refractivity (Wildman–Crippen MR) is 71.9 cm³/mol. The Bertz CT molecular complexity index is 199. The molecule has 1 N–H and O–H groups in total. The maximum absolute atomic E-state index is 3.73. The number of nitrogens with zero attached hydrogens (tertiary/aromatic N) is 1. The Morgan fingerprint density at radius 2 is 1.88 bits per heavy atom. The van der Waals surface area contributed by atoms with Crippen LogP contribution in [0, 0.1) is 0 Å². The minimum Gasteiger partial charge on any atom is -0.311 e. The molecule has 0 spiro atoms. The largest absolute Gasteiger partial charge is 0.311 e. The number of hydrogen-bond acceptors (Lipinski definition) is 2. The first-order valence-electron chi connectivity index (χ1n) is 7.13. The van der Waals surface area contributed by atoms with Crippen LogP contribution >= 0.6 is 0 Å². The molecule has 0 saturated carbocycles. The van der Waals surface area contributed by atoms with E-state index < -0.39 is 0 Å². The van der Waals surface area contributed by atoms with Crippen LogP contribution in [0.5, 0.6) is 0 Å². The van der Waals surface area contributed by atoms with E-state index in [2.05, 4.69) is 44.8 Å². The maximum Gasteiger partial charge on any atom is 0.0332 e. The first-order chi connectivity index (χ1) is 7.63. The number of nitrogens with one attached hydrogen (secondary N) is 1. The first-order valence-corrected chi connectivity index (χ1v) is 7.13. The third kappa shape index (κ3) is 2.60. The summed E-state index contributed by atoms with van der Waals surface area (Å²) in [5, 5.41) is 3.73. The van der Waals surface area contributed by atoms with Crippen molar-refractivity contribution in [3.8, 4) is 0 Å². The zero-order chi connectivity index (χ0) is 12.2. The summed E-state index contributed by atoms with van der Waals surface area (Å²) in [5.41, 5.74) is 0.404. The molecule has 0 aromatic heterocycles. The van der Waals surface area contributed by atoms with Gasteiger partial charge in [0.1, 0.15) is 0 Å². The second-order valence-corrected chi connectivity index (χ2v) is 5.33. The van der Waals surface area contributed by atoms with E-state index in [1.807, 2.05) is 0 Å². The van der Waals surface area contributed by atoms with Crippen molar-refractivity contribution < 1.29 is 0 Å². The monoisotopic (exact) mass is 226 g/mol. The molecule has 2 heteroatoms. The molecule has 1 fully saturated rings. The summed E-state index contributed by atoms with van der Waals surface area (Å²) in [6.45, 7) is 14.1. The van der Waals surface area contributed by atoms with Gasteiger partial charge >= 0.3 is 0 Å². The molecule has 0 bridgehead atoms. The van der Waals surface area contributed by atoms with Crippen LogP contribution < -0.4 is 5.32 Å². The fraction of sp³-hybridized carbons (Fsp3) is 1.00. The Balaban J connectivity index is 2.82. The van der Waals surface area contributed by atoms with E-state index in [4.69, 9.17) is 0 Å². The Morgan fingerprint density at radius 1 is 1.25 bits per heavy atom. The molecule has 0 aliphatic carbocycles. The Hall–Kier alpha value is -0.0800. The van der Waals surface area contributed by atoms with Gasteiger partial charge in [0.25, 0.3) is 0 Å². The van der Waals surface area contributed by atoms with E-state index >= 15 is 0 Å². The minimum absolute atomic E-state index is 0.404. The molecule has 0 aromatic rings. The third-order valence-corrected chi connectivity index (χ3v) is 4.68. The van der Waals surface area contributed by atoms with Crippen LogP contribution in [0.4, 0.5) is 0 Å². The van der Waals surface area contributed by atoms with Crippen molar-refractivity contribution in [1.82, 2.24) is 10.2 Å². The van der Waals surface area contributed by atoms with E-state index in [0.717, 1.165) is 6.04 Å². The van der Waals surface area contributed by atoms with Crippen molar-refractivity contribution in [2.45, 2.75) is 77.9 Å². The standard InChI is InChI=1S/C14H30N2/c1-6-12(5)16-10-13(7-2)15-11-14(16,8-3)9-4/h12-13,15H,6-11H2,1-5H3. The maximum atomic E-state index is 3.73. The topological polar surface area (TPSA) is 15.3 Å². The lowest BCUT2D eigenvalue weighted by molar-refractivity contribution is -0.000987. The predicted octanol–water partition coefficient (Wildman–Crippen LogP) is 3.03. The van der Waals surface area contributed by atoms with Crippen LogP contribution in [-0.2, 0) is 0 Å². The van der Waals surface area contributed by atoms with Crippen molar-refractivity contribution in [1.29, 1.82) is 0 Å². The van der Waals surface area contributed by atoms with Gasteiger partial charge in [-0.15, -0.1) is 0 Å². The van der Waals surface area contributed by atoms with Gasteiger partial charge in [0.05, 0.1) is 0 Å². The van der Waals surface area contributed by atoms with Crippen molar-refractivity contribution in [3.63, 3.8) is 0 Å². The van der Waals surface area contributed by atoms with Crippen molar-refractivity contribution in [2.75, 3.05) is 13.1 Å². The average molecular weight is 226 g/mol. The molecule has 1 aliphatic rings. The molecule has 2 nitrogen and oxygen atoms in total. The molecular formula is C14H30N2. The molecule has 16 heavy (non-hydrogen) atoms. The lowest BCUT2D eigenvalue weighted by Gasteiger charge is -2.52. The van der Waals surface area contributed by atoms with Crippen molar-refractivity contribution >= 4 is 0 Å². The number of piperazine rings is 1. The molecule has 1 rings (SSSR count). The van der Waals surface area contributed by atoms with Crippen molar-refractivity contribution in [2.24, 2.45) is 0 Å². The highest BCUT2D eigenvalue weighted by Crippen LogP contribution is 2.30. The van der Waals surface area contributed by atoms with E-state index in [1.165, 1.54) is 38.8 Å². The smallest absolute Gasteiger partial charge is 0.0332 e. The van der Waals surface area contributed by atoms with Crippen LogP contribution in [0.15, 0.2) is 0 Å². The quantitative estimate of drug-likeness (QED) is 0.775. The molecular weight excluding hydrogens is 196 g/mol. The molecule has 1 aliphatic heterocycles. The fourth-order valence-corrected chi connectivity index (χ4v) is 2.98. The summed E-state index contributed by atoms with van der Waals surface area (Å²) in [5.74, 6) is 0. The zero-order valence-electron chi connectivity index (χ0n) is 11.8. The van der Waals surface area contributed by atoms with Gasteiger partial charge in [0.2, 0.25) is 0 Å². The summed E-state index contributed by atoms with van der Waals surface area (Å²) in [7, 11) is 0. The SMILES string of the molecule is CCC1CN(C(C)CC)C(CC)(CC)CN1. The highest BCUT2D eigenvalue weighted by atomic mass is 15.3. The van der Waals surface area contributed by atoms with Crippen LogP contribution in [0.25, 0.3) is 0 Å². The number of hydrogen-bond donors (Lipinski definition) is 1. The molecule has 2 atom stereocenters. The van der Waals surface area contributed by atoms with Gasteiger partial charge in [-0.3, -0.25) is 4.90 Å². The lowest BCUT2D eigenvalue weighted by atomic mass is 9.85. The Kier molecular flexibility index (Phi) is 5.26. The van der Waals surface area contributed by atoms with Crippen LogP contribution in [0.1, 0.15) is 60.3 Å². The van der Waals surface area contributed by atoms with Crippen LogP contribution in [-0.4, -0.2) is 35.6 Å². The van der Waals surface area contributed by atoms with Gasteiger partial charge in [-0.2, -0.15) is 0 Å². The zero-order valence-corrected chi connectivity index (χ0v) is 11.8. The van der Waals surface area contributed by atoms with E-state index in [1.54, 1.807) is 0 Å². The third-order valence-electron chi connectivity index (χ3n) is 4.68. The summed E-state index contributed by atoms with van der Waals surface area (Å²) in [6.07, 6.45) is 5.03. The Morgan fingerprint density at radius 3 is 2.31 bits per heavy atom. The summed E-state index contributed by atoms with van der Waals surface area (Å²) < 4.78 is 0. The normalized spacial score (nSPS) is 27.9. The van der Waals surface area contributed by atoms with Gasteiger partial charge in [-0.1, -0.05) is 27.7 Å². The molecule has 1 saturated heterocycles. The molecule has 1 heterocycles. The van der Waals surface area contributed by atoms with Gasteiger partial charge in [0, 0.05) is 30.7 Å². The van der Waals surface area contributed by atoms with Gasteiger partial charge in [-0.05, 0) is 32.6 Å². The summed E-state index contributed by atoms with van der Waals surface area (Å²) in [4.78, 5) is 2.78. The molecule has 2 unspecified atom stereocenters. The van der Waals surface area contributed by atoms with Gasteiger partial charge in [0.15, 0.2) is 0 Å². The minimum atomic E-state index is 0.404. The molecule has 0 radical (unpaired) electrons. The van der Waals surface area contributed by atoms with Gasteiger partial charge in [-0.25, -0.2) is 0 Å². The van der Waals surface area contributed by atoms with E-state index in [9.17, 15) is 0 Å². The van der Waals surface area contributed by atoms with Crippen molar-refractivity contribution in [3.05, 3.63) is 0 Å². The summed E-state index contributed by atoms with van der Waals surface area (Å²) in [6, 6.07) is 1.41. The second-order valence-electron chi connectivity index (χ2n) is 5.33. The van der Waals surface area contributed by atoms with E-state index in [-0.39, 0.29) is 0 Å². The van der Waals surface area contributed by atoms with Gasteiger partial charge < -0.3 is 5.32 Å². The average Bonchev–Trinajstić information content (AvgIpc) is 2.36. The Labute approximate surface area is 102 Å². The first kappa shape index (κ1) is 14.0. The number of rotatable bonds is 5. The second kappa shape index (κ2) is 6.02. The highest BCUT2D eigenvalue weighted by Gasteiger charge is 2.40. The molecule has 0 aromatic carbocycles. The fourth-order valence-electron chi connectivity index (χ4n) is 2.98.